The van der Waals surface area contributed by atoms with Gasteiger partial charge in [0.05, 0.1) is 13.2 Å². The lowest BCUT2D eigenvalue weighted by Gasteiger charge is -2.10. The Bertz CT molecular complexity index is 487. The fourth-order valence-corrected chi connectivity index (χ4v) is 1.90. The molecule has 4 heteroatoms. The number of rotatable bonds is 5. The Morgan fingerprint density at radius 3 is 2.83 bits per heavy atom. The normalized spacial score (nSPS) is 15.6. The Morgan fingerprint density at radius 2 is 2.22 bits per heavy atom. The molecule has 2 rings (SSSR count). The van der Waals surface area contributed by atoms with Crippen LogP contribution >= 0.6 is 0 Å². The Labute approximate surface area is 107 Å². The van der Waals surface area contributed by atoms with E-state index in [0.717, 1.165) is 11.3 Å². The van der Waals surface area contributed by atoms with Crippen molar-refractivity contribution in [3.63, 3.8) is 0 Å². The Kier molecular flexibility index (Phi) is 3.52. The highest BCUT2D eigenvalue weighted by Gasteiger charge is 2.50. The van der Waals surface area contributed by atoms with Crippen molar-refractivity contribution in [3.8, 4) is 11.8 Å². The van der Waals surface area contributed by atoms with Crippen molar-refractivity contribution in [2.24, 2.45) is 5.41 Å². The molecule has 0 saturated heterocycles. The van der Waals surface area contributed by atoms with Gasteiger partial charge in [-0.3, -0.25) is 4.79 Å². The molecule has 1 aliphatic carbocycles. The van der Waals surface area contributed by atoms with Crippen molar-refractivity contribution in [2.75, 3.05) is 13.7 Å². The third-order valence-corrected chi connectivity index (χ3v) is 3.27. The van der Waals surface area contributed by atoms with E-state index >= 15 is 0 Å². The number of nitriles is 1. The van der Waals surface area contributed by atoms with Gasteiger partial charge in [0.2, 0.25) is 5.91 Å². The minimum absolute atomic E-state index is 0.139. The van der Waals surface area contributed by atoms with Gasteiger partial charge in [0.25, 0.3) is 0 Å². The summed E-state index contributed by atoms with van der Waals surface area (Å²) in [4.78, 5) is 11.7. The molecule has 0 unspecified atom stereocenters. The number of nitrogens with zero attached hydrogens (tertiary/aromatic N) is 1. The van der Waals surface area contributed by atoms with Crippen molar-refractivity contribution >= 4 is 5.91 Å². The molecule has 0 radical (unpaired) electrons. The summed E-state index contributed by atoms with van der Waals surface area (Å²) in [5.74, 6) is 0.688. The zero-order chi connectivity index (χ0) is 13.0. The molecular weight excluding hydrogens is 228 g/mol. The van der Waals surface area contributed by atoms with Gasteiger partial charge in [-0.15, -0.1) is 0 Å². The molecule has 1 saturated carbocycles. The third kappa shape index (κ3) is 2.45. The fourth-order valence-electron chi connectivity index (χ4n) is 1.90. The quantitative estimate of drug-likeness (QED) is 0.856. The average molecular weight is 244 g/mol. The number of amides is 1. The minimum Gasteiger partial charge on any atom is -0.496 e. The number of nitrogens with one attached hydrogen (secondary N) is 1. The van der Waals surface area contributed by atoms with Crippen molar-refractivity contribution in [2.45, 2.75) is 19.3 Å². The predicted molar refractivity (Wildman–Crippen MR) is 67.0 cm³/mol. The standard InChI is InChI=1S/C14H16N2O2/c1-18-12-5-3-2-4-11(12)6-9-16-13(17)14(10-15)7-8-14/h2-5H,6-9H2,1H3,(H,16,17). The highest BCUT2D eigenvalue weighted by atomic mass is 16.5. The zero-order valence-corrected chi connectivity index (χ0v) is 10.4. The molecule has 0 aliphatic heterocycles. The summed E-state index contributed by atoms with van der Waals surface area (Å²) in [6.45, 7) is 0.530. The van der Waals surface area contributed by atoms with E-state index in [0.29, 0.717) is 25.8 Å². The molecule has 1 amide bonds. The predicted octanol–water partition coefficient (Wildman–Crippen LogP) is 1.66. The summed E-state index contributed by atoms with van der Waals surface area (Å²) >= 11 is 0. The second-order valence-electron chi connectivity index (χ2n) is 4.51. The summed E-state index contributed by atoms with van der Waals surface area (Å²) in [5.41, 5.74) is 0.322. The van der Waals surface area contributed by atoms with Crippen LogP contribution in [0.2, 0.25) is 0 Å². The summed E-state index contributed by atoms with van der Waals surface area (Å²) in [7, 11) is 1.63. The van der Waals surface area contributed by atoms with Crippen molar-refractivity contribution in [1.29, 1.82) is 5.26 Å². The van der Waals surface area contributed by atoms with Gasteiger partial charge in [-0.1, -0.05) is 18.2 Å². The zero-order valence-electron chi connectivity index (χ0n) is 10.4. The maximum atomic E-state index is 11.7. The molecule has 0 aromatic heterocycles. The lowest BCUT2D eigenvalue weighted by Crippen LogP contribution is -2.32. The van der Waals surface area contributed by atoms with E-state index in [4.69, 9.17) is 10.00 Å². The maximum absolute atomic E-state index is 11.7. The summed E-state index contributed by atoms with van der Waals surface area (Å²) in [6.07, 6.45) is 2.07. The molecule has 0 heterocycles. The number of ether oxygens (including phenoxy) is 1. The highest BCUT2D eigenvalue weighted by molar-refractivity contribution is 5.88. The number of benzene rings is 1. The lowest BCUT2D eigenvalue weighted by molar-refractivity contribution is -0.124. The van der Waals surface area contributed by atoms with Crippen LogP contribution in [-0.2, 0) is 11.2 Å². The van der Waals surface area contributed by atoms with Crippen LogP contribution in [0.4, 0.5) is 0 Å². The monoisotopic (exact) mass is 244 g/mol. The molecular formula is C14H16N2O2. The molecule has 94 valence electrons. The molecule has 0 atom stereocenters. The first-order chi connectivity index (χ1) is 8.72. The first-order valence-electron chi connectivity index (χ1n) is 6.03. The van der Waals surface area contributed by atoms with Gasteiger partial charge in [0.1, 0.15) is 11.2 Å². The van der Waals surface area contributed by atoms with Crippen LogP contribution in [0.15, 0.2) is 24.3 Å². The van der Waals surface area contributed by atoms with Crippen LogP contribution in [0.5, 0.6) is 5.75 Å². The molecule has 18 heavy (non-hydrogen) atoms. The maximum Gasteiger partial charge on any atom is 0.240 e. The largest absolute Gasteiger partial charge is 0.496 e. The Balaban J connectivity index is 1.86. The van der Waals surface area contributed by atoms with E-state index in [1.54, 1.807) is 7.11 Å². The number of hydrogen-bond acceptors (Lipinski definition) is 3. The van der Waals surface area contributed by atoms with Crippen LogP contribution < -0.4 is 10.1 Å². The van der Waals surface area contributed by atoms with E-state index in [1.165, 1.54) is 0 Å². The minimum atomic E-state index is -0.735. The molecule has 4 nitrogen and oxygen atoms in total. The molecule has 0 bridgehead atoms. The molecule has 1 aromatic rings. The van der Waals surface area contributed by atoms with Gasteiger partial charge in [0.15, 0.2) is 0 Å². The van der Waals surface area contributed by atoms with Crippen molar-refractivity contribution in [3.05, 3.63) is 29.8 Å². The molecule has 1 N–H and O–H groups in total. The van der Waals surface area contributed by atoms with Gasteiger partial charge in [-0.05, 0) is 30.9 Å². The Hall–Kier alpha value is -2.02. The molecule has 1 aromatic carbocycles. The summed E-state index contributed by atoms with van der Waals surface area (Å²) in [6, 6.07) is 9.81. The van der Waals surface area contributed by atoms with Crippen LogP contribution in [0.3, 0.4) is 0 Å². The van der Waals surface area contributed by atoms with E-state index in [1.807, 2.05) is 24.3 Å². The lowest BCUT2D eigenvalue weighted by atomic mass is 10.1. The average Bonchev–Trinajstić information content (AvgIpc) is 3.20. The van der Waals surface area contributed by atoms with E-state index in [9.17, 15) is 4.79 Å². The van der Waals surface area contributed by atoms with Gasteiger partial charge in [-0.25, -0.2) is 0 Å². The summed E-state index contributed by atoms with van der Waals surface area (Å²) < 4.78 is 5.24. The third-order valence-electron chi connectivity index (χ3n) is 3.27. The Morgan fingerprint density at radius 1 is 1.50 bits per heavy atom. The van der Waals surface area contributed by atoms with E-state index in [-0.39, 0.29) is 5.91 Å². The van der Waals surface area contributed by atoms with Gasteiger partial charge < -0.3 is 10.1 Å². The van der Waals surface area contributed by atoms with E-state index < -0.39 is 5.41 Å². The molecule has 0 spiro atoms. The fraction of sp³-hybridized carbons (Fsp3) is 0.429. The van der Waals surface area contributed by atoms with Crippen LogP contribution in [0, 0.1) is 16.7 Å². The van der Waals surface area contributed by atoms with Crippen molar-refractivity contribution < 1.29 is 9.53 Å². The smallest absolute Gasteiger partial charge is 0.240 e. The second kappa shape index (κ2) is 5.09. The molecule has 1 aliphatic rings. The van der Waals surface area contributed by atoms with Gasteiger partial charge >= 0.3 is 0 Å². The topological polar surface area (TPSA) is 62.1 Å². The van der Waals surface area contributed by atoms with Crippen LogP contribution in [0.25, 0.3) is 0 Å². The highest BCUT2D eigenvalue weighted by Crippen LogP contribution is 2.44. The number of carbonyl (C=O) groups is 1. The SMILES string of the molecule is COc1ccccc1CCNC(=O)C1(C#N)CC1. The second-order valence-corrected chi connectivity index (χ2v) is 4.51. The van der Waals surface area contributed by atoms with Gasteiger partial charge in [-0.2, -0.15) is 5.26 Å². The summed E-state index contributed by atoms with van der Waals surface area (Å²) in [5, 5.41) is 11.7. The van der Waals surface area contributed by atoms with Gasteiger partial charge in [0, 0.05) is 6.54 Å². The van der Waals surface area contributed by atoms with Crippen molar-refractivity contribution in [1.82, 2.24) is 5.32 Å². The first-order valence-corrected chi connectivity index (χ1v) is 6.03. The number of para-hydroxylation sites is 1. The number of carbonyl (C=O) groups excluding carboxylic acids is 1. The number of hydrogen-bond donors (Lipinski definition) is 1. The first kappa shape index (κ1) is 12.4. The number of methoxy groups -OCH3 is 1. The van der Waals surface area contributed by atoms with E-state index in [2.05, 4.69) is 11.4 Å². The van der Waals surface area contributed by atoms with Crippen LogP contribution in [-0.4, -0.2) is 19.6 Å². The molecule has 1 fully saturated rings. The van der Waals surface area contributed by atoms with Crippen LogP contribution in [0.1, 0.15) is 18.4 Å².